The molecule has 2 atom stereocenters. The van der Waals surface area contributed by atoms with Crippen LogP contribution in [0.5, 0.6) is 5.75 Å². The van der Waals surface area contributed by atoms with Gasteiger partial charge >= 0.3 is 0 Å². The summed E-state index contributed by atoms with van der Waals surface area (Å²) in [4.78, 5) is 26.5. The summed E-state index contributed by atoms with van der Waals surface area (Å²) in [6, 6.07) is 9.63. The number of aryl methyl sites for hydroxylation is 2. The van der Waals surface area contributed by atoms with Crippen LogP contribution in [0.25, 0.3) is 11.4 Å². The number of carbonyl (C=O) groups excluding carboxylic acids is 1. The molecule has 1 amide bonds. The van der Waals surface area contributed by atoms with Gasteiger partial charge in [-0.2, -0.15) is 0 Å². The van der Waals surface area contributed by atoms with Gasteiger partial charge < -0.3 is 10.1 Å². The van der Waals surface area contributed by atoms with Gasteiger partial charge in [-0.15, -0.1) is 0 Å². The van der Waals surface area contributed by atoms with Gasteiger partial charge in [-0.05, 0) is 74.4 Å². The second kappa shape index (κ2) is 8.69. The summed E-state index contributed by atoms with van der Waals surface area (Å²) in [6.45, 7) is 10.2. The van der Waals surface area contributed by atoms with Crippen LogP contribution >= 0.6 is 0 Å². The lowest BCUT2D eigenvalue weighted by Crippen LogP contribution is -2.42. The van der Waals surface area contributed by atoms with E-state index >= 15 is 0 Å². The molecule has 1 aromatic carbocycles. The molecule has 1 aliphatic carbocycles. The average molecular weight is 431 g/mol. The first kappa shape index (κ1) is 21.9. The van der Waals surface area contributed by atoms with Crippen LogP contribution in [0.4, 0.5) is 0 Å². The fourth-order valence-corrected chi connectivity index (χ4v) is 4.36. The molecule has 2 aromatic heterocycles. The maximum Gasteiger partial charge on any atom is 0.261 e. The number of aromatic nitrogens is 3. The van der Waals surface area contributed by atoms with E-state index in [-0.39, 0.29) is 17.4 Å². The zero-order valence-electron chi connectivity index (χ0n) is 19.3. The lowest BCUT2D eigenvalue weighted by molar-refractivity contribution is -0.128. The van der Waals surface area contributed by atoms with Gasteiger partial charge in [-0.1, -0.05) is 19.9 Å². The van der Waals surface area contributed by atoms with E-state index in [9.17, 15) is 4.79 Å². The Morgan fingerprint density at radius 2 is 1.84 bits per heavy atom. The molecule has 0 radical (unpaired) electrons. The van der Waals surface area contributed by atoms with Gasteiger partial charge in [0.1, 0.15) is 5.75 Å². The highest BCUT2D eigenvalue weighted by atomic mass is 16.5. The number of ether oxygens (including phenoxy) is 1. The molecule has 0 unspecified atom stereocenters. The van der Waals surface area contributed by atoms with Crippen LogP contribution in [0.3, 0.4) is 0 Å². The Morgan fingerprint density at radius 1 is 1.16 bits per heavy atom. The highest BCUT2D eigenvalue weighted by molar-refractivity contribution is 5.81. The molecule has 0 saturated heterocycles. The molecule has 1 N–H and O–H groups in total. The highest BCUT2D eigenvalue weighted by Gasteiger charge is 2.35. The van der Waals surface area contributed by atoms with Gasteiger partial charge in [0.2, 0.25) is 0 Å². The SMILES string of the molecule is Cc1cc(C)cc(O[C@H](C)C(=O)N[C@H]2CC(C)(C)Cc3nc(-c4ccncc4)ncc32)c1. The summed E-state index contributed by atoms with van der Waals surface area (Å²) < 4.78 is 5.95. The lowest BCUT2D eigenvalue weighted by Gasteiger charge is -2.37. The van der Waals surface area contributed by atoms with Crippen LogP contribution in [-0.4, -0.2) is 27.0 Å². The van der Waals surface area contributed by atoms with Crippen molar-refractivity contribution in [1.82, 2.24) is 20.3 Å². The predicted molar refractivity (Wildman–Crippen MR) is 124 cm³/mol. The molecule has 6 nitrogen and oxygen atoms in total. The van der Waals surface area contributed by atoms with E-state index in [4.69, 9.17) is 9.72 Å². The maximum atomic E-state index is 13.0. The normalized spacial score (nSPS) is 17.8. The second-order valence-corrected chi connectivity index (χ2v) is 9.52. The van der Waals surface area contributed by atoms with Crippen LogP contribution in [-0.2, 0) is 11.2 Å². The number of hydrogen-bond donors (Lipinski definition) is 1. The molecule has 2 heterocycles. The monoisotopic (exact) mass is 430 g/mol. The Kier molecular flexibility index (Phi) is 5.96. The first-order chi connectivity index (χ1) is 15.2. The van der Waals surface area contributed by atoms with Crippen LogP contribution in [0.1, 0.15) is 55.6 Å². The summed E-state index contributed by atoms with van der Waals surface area (Å²) in [5.41, 5.74) is 5.12. The van der Waals surface area contributed by atoms with E-state index < -0.39 is 6.10 Å². The molecule has 166 valence electrons. The van der Waals surface area contributed by atoms with Crippen LogP contribution in [0.2, 0.25) is 0 Å². The Bertz CT molecular complexity index is 1110. The van der Waals surface area contributed by atoms with Crippen molar-refractivity contribution in [3.63, 3.8) is 0 Å². The number of rotatable bonds is 5. The fraction of sp³-hybridized carbons (Fsp3) is 0.385. The van der Waals surface area contributed by atoms with Gasteiger partial charge in [0.15, 0.2) is 11.9 Å². The van der Waals surface area contributed by atoms with Gasteiger partial charge in [-0.25, -0.2) is 9.97 Å². The molecule has 0 aliphatic heterocycles. The second-order valence-electron chi connectivity index (χ2n) is 9.52. The number of nitrogens with one attached hydrogen (secondary N) is 1. The van der Waals surface area contributed by atoms with Gasteiger partial charge in [0, 0.05) is 29.7 Å². The lowest BCUT2D eigenvalue weighted by atomic mass is 9.74. The summed E-state index contributed by atoms with van der Waals surface area (Å²) in [6.07, 6.45) is 6.38. The zero-order chi connectivity index (χ0) is 22.9. The minimum absolute atomic E-state index is 0.00651. The summed E-state index contributed by atoms with van der Waals surface area (Å²) in [5.74, 6) is 1.25. The van der Waals surface area contributed by atoms with Crippen molar-refractivity contribution in [2.24, 2.45) is 5.41 Å². The van der Waals surface area contributed by atoms with Crippen molar-refractivity contribution in [2.75, 3.05) is 0 Å². The molecular formula is C26H30N4O2. The molecule has 32 heavy (non-hydrogen) atoms. The third kappa shape index (κ3) is 4.96. The number of fused-ring (bicyclic) bond motifs is 1. The first-order valence-electron chi connectivity index (χ1n) is 11.0. The van der Waals surface area contributed by atoms with Crippen molar-refractivity contribution in [1.29, 1.82) is 0 Å². The van der Waals surface area contributed by atoms with E-state index in [0.29, 0.717) is 11.6 Å². The van der Waals surface area contributed by atoms with Gasteiger partial charge in [0.05, 0.1) is 11.7 Å². The number of nitrogens with zero attached hydrogens (tertiary/aromatic N) is 3. The minimum atomic E-state index is -0.610. The van der Waals surface area contributed by atoms with E-state index in [1.165, 1.54) is 0 Å². The topological polar surface area (TPSA) is 77.0 Å². The van der Waals surface area contributed by atoms with E-state index in [2.05, 4.69) is 35.2 Å². The molecule has 3 aromatic rings. The molecule has 0 fully saturated rings. The molecule has 1 aliphatic rings. The van der Waals surface area contributed by atoms with Crippen molar-refractivity contribution < 1.29 is 9.53 Å². The van der Waals surface area contributed by atoms with Crippen LogP contribution in [0, 0.1) is 19.3 Å². The molecular weight excluding hydrogens is 400 g/mol. The van der Waals surface area contributed by atoms with Crippen molar-refractivity contribution in [2.45, 2.75) is 59.6 Å². The third-order valence-corrected chi connectivity index (χ3v) is 5.81. The summed E-state index contributed by atoms with van der Waals surface area (Å²) in [7, 11) is 0. The van der Waals surface area contributed by atoms with Gasteiger partial charge in [0.25, 0.3) is 5.91 Å². The fourth-order valence-electron chi connectivity index (χ4n) is 4.36. The minimum Gasteiger partial charge on any atom is -0.481 e. The molecule has 0 bridgehead atoms. The first-order valence-corrected chi connectivity index (χ1v) is 11.0. The Morgan fingerprint density at radius 3 is 2.53 bits per heavy atom. The molecule has 0 saturated carbocycles. The Balaban J connectivity index is 1.54. The van der Waals surface area contributed by atoms with E-state index in [1.54, 1.807) is 19.3 Å². The number of hydrogen-bond acceptors (Lipinski definition) is 5. The number of amides is 1. The standard InChI is InChI=1S/C26H30N4O2/c1-16-10-17(2)12-20(11-16)32-18(3)25(31)30-23-14-26(4,5)13-22-21(23)15-28-24(29-22)19-6-8-27-9-7-19/h6-12,15,18,23H,13-14H2,1-5H3,(H,30,31)/t18-,23+/m1/s1. The molecule has 4 rings (SSSR count). The maximum absolute atomic E-state index is 13.0. The summed E-state index contributed by atoms with van der Waals surface area (Å²) >= 11 is 0. The summed E-state index contributed by atoms with van der Waals surface area (Å²) in [5, 5.41) is 3.19. The molecule has 0 spiro atoms. The largest absolute Gasteiger partial charge is 0.481 e. The third-order valence-electron chi connectivity index (χ3n) is 5.81. The van der Waals surface area contributed by atoms with E-state index in [1.807, 2.05) is 44.3 Å². The number of pyridine rings is 1. The predicted octanol–water partition coefficient (Wildman–Crippen LogP) is 4.75. The van der Waals surface area contributed by atoms with Crippen LogP contribution < -0.4 is 10.1 Å². The smallest absolute Gasteiger partial charge is 0.261 e. The highest BCUT2D eigenvalue weighted by Crippen LogP contribution is 2.40. The quantitative estimate of drug-likeness (QED) is 0.632. The zero-order valence-corrected chi connectivity index (χ0v) is 19.3. The van der Waals surface area contributed by atoms with Crippen molar-refractivity contribution >= 4 is 5.91 Å². The van der Waals surface area contributed by atoms with Gasteiger partial charge in [-0.3, -0.25) is 9.78 Å². The van der Waals surface area contributed by atoms with Crippen molar-refractivity contribution in [3.05, 3.63) is 71.3 Å². The van der Waals surface area contributed by atoms with Crippen LogP contribution in [0.15, 0.2) is 48.9 Å². The average Bonchev–Trinajstić information content (AvgIpc) is 2.72. The Hall–Kier alpha value is -3.28. The number of carbonyl (C=O) groups is 1. The Labute approximate surface area is 189 Å². The molecule has 6 heteroatoms. The van der Waals surface area contributed by atoms with E-state index in [0.717, 1.165) is 40.8 Å². The van der Waals surface area contributed by atoms with Crippen molar-refractivity contribution in [3.8, 4) is 17.1 Å². The number of benzene rings is 1.